The number of nitrogens with one attached hydrogen (secondary N) is 1. The predicted molar refractivity (Wildman–Crippen MR) is 145 cm³/mol. The van der Waals surface area contributed by atoms with Gasteiger partial charge in [0, 0.05) is 41.6 Å². The fraction of sp³-hybridized carbons (Fsp3) is 0.207. The smallest absolute Gasteiger partial charge is 0.337 e. The Morgan fingerprint density at radius 2 is 1.74 bits per heavy atom. The van der Waals surface area contributed by atoms with Crippen LogP contribution in [0.3, 0.4) is 0 Å². The second kappa shape index (κ2) is 12.0. The number of non-ortho nitro benzene ring substituents is 1. The van der Waals surface area contributed by atoms with Crippen LogP contribution in [0.15, 0.2) is 95.9 Å². The van der Waals surface area contributed by atoms with E-state index < -0.39 is 22.8 Å². The molecule has 3 aromatic rings. The van der Waals surface area contributed by atoms with Crippen LogP contribution in [0.4, 0.5) is 5.69 Å². The lowest BCUT2D eigenvalue weighted by atomic mass is 9.80. The molecule has 0 saturated carbocycles. The third-order valence-electron chi connectivity index (χ3n) is 6.14. The molecule has 0 spiro atoms. The van der Waals surface area contributed by atoms with Gasteiger partial charge >= 0.3 is 11.9 Å². The zero-order chi connectivity index (χ0) is 27.9. The second-order valence-corrected chi connectivity index (χ2v) is 8.61. The van der Waals surface area contributed by atoms with Crippen LogP contribution in [0.5, 0.6) is 0 Å². The topological polar surface area (TPSA) is 126 Å². The number of nitro benzene ring substituents is 1. The lowest BCUT2D eigenvalue weighted by Crippen LogP contribution is -2.33. The van der Waals surface area contributed by atoms with Gasteiger partial charge in [0.25, 0.3) is 5.69 Å². The number of carbonyl (C=O) groups is 2. The molecule has 1 aliphatic rings. The molecule has 2 heterocycles. The zero-order valence-corrected chi connectivity index (χ0v) is 21.8. The molecular formula is C29H28N4O6. The Kier molecular flexibility index (Phi) is 8.35. The number of ether oxygens (including phenoxy) is 2. The molecular weight excluding hydrogens is 500 g/mol. The average molecular weight is 529 g/mol. The highest BCUT2D eigenvalue weighted by Gasteiger charge is 2.39. The Morgan fingerprint density at radius 1 is 1.05 bits per heavy atom. The largest absolute Gasteiger partial charge is 0.463 e. The third-order valence-corrected chi connectivity index (χ3v) is 6.14. The lowest BCUT2D eigenvalue weighted by molar-refractivity contribution is -0.384. The van der Waals surface area contributed by atoms with E-state index in [4.69, 9.17) is 9.47 Å². The van der Waals surface area contributed by atoms with Gasteiger partial charge in [-0.1, -0.05) is 30.3 Å². The summed E-state index contributed by atoms with van der Waals surface area (Å²) >= 11 is 0. The van der Waals surface area contributed by atoms with Crippen molar-refractivity contribution in [3.05, 3.63) is 117 Å². The van der Waals surface area contributed by atoms with Gasteiger partial charge in [0.2, 0.25) is 0 Å². The maximum atomic E-state index is 13.4. The van der Waals surface area contributed by atoms with Crippen molar-refractivity contribution >= 4 is 23.7 Å². The van der Waals surface area contributed by atoms with Gasteiger partial charge in [-0.2, -0.15) is 0 Å². The fourth-order valence-corrected chi connectivity index (χ4v) is 4.40. The summed E-state index contributed by atoms with van der Waals surface area (Å²) in [7, 11) is 0. The SMILES string of the molecule is CCOC(=O)C1=C(C)NC(/C=C/c2ccc(-n3ccnc3)cc2)=C(C(=O)OCC)C1c1cccc([N+](=O)[O-])c1. The minimum atomic E-state index is -0.951. The molecule has 39 heavy (non-hydrogen) atoms. The molecule has 1 unspecified atom stereocenters. The van der Waals surface area contributed by atoms with Crippen molar-refractivity contribution in [3.8, 4) is 5.69 Å². The van der Waals surface area contributed by atoms with E-state index in [0.717, 1.165) is 11.3 Å². The maximum Gasteiger partial charge on any atom is 0.337 e. The summed E-state index contributed by atoms with van der Waals surface area (Å²) in [6.45, 7) is 5.29. The summed E-state index contributed by atoms with van der Waals surface area (Å²) in [4.78, 5) is 41.5. The van der Waals surface area contributed by atoms with Gasteiger partial charge in [0.05, 0.1) is 41.5 Å². The number of hydrogen-bond acceptors (Lipinski definition) is 8. The number of benzene rings is 2. The van der Waals surface area contributed by atoms with Gasteiger partial charge in [-0.25, -0.2) is 14.6 Å². The number of dihydropyridines is 1. The number of aromatic nitrogens is 2. The standard InChI is InChI=1S/C29H28N4O6/c1-4-38-28(34)25-19(3)31-24(14-11-20-9-12-22(13-10-20)32-16-15-30-18-32)27(29(35)39-5-2)26(25)21-7-6-8-23(17-21)33(36)37/h6-18,26,31H,4-5H2,1-3H3/b14-11+. The van der Waals surface area contributed by atoms with Crippen molar-refractivity contribution in [3.63, 3.8) is 0 Å². The number of carbonyl (C=O) groups excluding carboxylic acids is 2. The second-order valence-electron chi connectivity index (χ2n) is 8.61. The van der Waals surface area contributed by atoms with Crippen molar-refractivity contribution in [1.82, 2.24) is 14.9 Å². The first-order valence-corrected chi connectivity index (χ1v) is 12.4. The summed E-state index contributed by atoms with van der Waals surface area (Å²) in [5.41, 5.74) is 3.25. The molecule has 200 valence electrons. The van der Waals surface area contributed by atoms with Gasteiger partial charge in [-0.15, -0.1) is 0 Å². The number of hydrogen-bond donors (Lipinski definition) is 1. The molecule has 1 N–H and O–H groups in total. The van der Waals surface area contributed by atoms with Crippen LogP contribution in [0.2, 0.25) is 0 Å². The van der Waals surface area contributed by atoms with Crippen molar-refractivity contribution in [2.24, 2.45) is 0 Å². The molecule has 4 rings (SSSR count). The van der Waals surface area contributed by atoms with Crippen molar-refractivity contribution in [2.45, 2.75) is 26.7 Å². The first-order chi connectivity index (χ1) is 18.8. The third kappa shape index (κ3) is 5.96. The van der Waals surface area contributed by atoms with Crippen molar-refractivity contribution in [1.29, 1.82) is 0 Å². The van der Waals surface area contributed by atoms with Crippen LogP contribution >= 0.6 is 0 Å². The number of nitro groups is 1. The van der Waals surface area contributed by atoms with Gasteiger partial charge in [-0.05, 0) is 50.1 Å². The Bertz CT molecular complexity index is 1470. The van der Waals surface area contributed by atoms with Crippen molar-refractivity contribution < 1.29 is 24.0 Å². The first-order valence-electron chi connectivity index (χ1n) is 12.4. The van der Waals surface area contributed by atoms with Crippen LogP contribution in [-0.4, -0.2) is 39.6 Å². The fourth-order valence-electron chi connectivity index (χ4n) is 4.40. The minimum absolute atomic E-state index is 0.105. The van der Waals surface area contributed by atoms with Gasteiger partial charge in [0.1, 0.15) is 0 Å². The molecule has 0 saturated heterocycles. The molecule has 1 aromatic heterocycles. The van der Waals surface area contributed by atoms with E-state index in [1.54, 1.807) is 45.4 Å². The molecule has 10 heteroatoms. The van der Waals surface area contributed by atoms with E-state index in [2.05, 4.69) is 10.3 Å². The molecule has 1 aliphatic heterocycles. The lowest BCUT2D eigenvalue weighted by Gasteiger charge is -2.30. The van der Waals surface area contributed by atoms with E-state index in [9.17, 15) is 19.7 Å². The minimum Gasteiger partial charge on any atom is -0.463 e. The monoisotopic (exact) mass is 528 g/mol. The van der Waals surface area contributed by atoms with Gasteiger partial charge < -0.3 is 19.4 Å². The highest BCUT2D eigenvalue weighted by molar-refractivity contribution is 6.00. The Labute approximate surface area is 225 Å². The predicted octanol–water partition coefficient (Wildman–Crippen LogP) is 4.84. The number of rotatable bonds is 9. The highest BCUT2D eigenvalue weighted by Crippen LogP contribution is 2.40. The van der Waals surface area contributed by atoms with E-state index in [1.807, 2.05) is 41.1 Å². The zero-order valence-electron chi connectivity index (χ0n) is 21.8. The molecule has 10 nitrogen and oxygen atoms in total. The normalized spacial score (nSPS) is 15.3. The maximum absolute atomic E-state index is 13.4. The van der Waals surface area contributed by atoms with Crippen LogP contribution in [-0.2, 0) is 19.1 Å². The number of nitrogens with zero attached hydrogens (tertiary/aromatic N) is 3. The van der Waals surface area contributed by atoms with E-state index in [0.29, 0.717) is 17.0 Å². The quantitative estimate of drug-likeness (QED) is 0.238. The van der Waals surface area contributed by atoms with Crippen LogP contribution < -0.4 is 5.32 Å². The number of esters is 2. The molecule has 0 fully saturated rings. The Morgan fingerprint density at radius 3 is 2.36 bits per heavy atom. The molecule has 0 amide bonds. The van der Waals surface area contributed by atoms with Crippen LogP contribution in [0, 0.1) is 10.1 Å². The van der Waals surface area contributed by atoms with Crippen molar-refractivity contribution in [2.75, 3.05) is 13.2 Å². The molecule has 0 radical (unpaired) electrons. The first kappa shape index (κ1) is 27.1. The summed E-state index contributed by atoms with van der Waals surface area (Å²) in [6.07, 6.45) is 8.81. The summed E-state index contributed by atoms with van der Waals surface area (Å²) < 4.78 is 12.6. The summed E-state index contributed by atoms with van der Waals surface area (Å²) in [5, 5.41) is 14.7. The Balaban J connectivity index is 1.82. The number of imidazole rings is 1. The summed E-state index contributed by atoms with van der Waals surface area (Å²) in [5.74, 6) is -2.22. The summed E-state index contributed by atoms with van der Waals surface area (Å²) in [6, 6.07) is 13.6. The van der Waals surface area contributed by atoms with E-state index in [-0.39, 0.29) is 30.0 Å². The molecule has 1 atom stereocenters. The number of allylic oxidation sites excluding steroid dienone is 2. The van der Waals surface area contributed by atoms with E-state index >= 15 is 0 Å². The van der Waals surface area contributed by atoms with Gasteiger partial charge in [0.15, 0.2) is 0 Å². The molecule has 0 bridgehead atoms. The van der Waals surface area contributed by atoms with Crippen LogP contribution in [0.25, 0.3) is 11.8 Å². The molecule has 2 aromatic carbocycles. The van der Waals surface area contributed by atoms with Crippen LogP contribution in [0.1, 0.15) is 37.8 Å². The van der Waals surface area contributed by atoms with Gasteiger partial charge in [-0.3, -0.25) is 10.1 Å². The Hall–Kier alpha value is -4.99. The highest BCUT2D eigenvalue weighted by atomic mass is 16.6. The molecule has 0 aliphatic carbocycles. The average Bonchev–Trinajstić information content (AvgIpc) is 3.47. The van der Waals surface area contributed by atoms with E-state index in [1.165, 1.54) is 18.2 Å².